The first-order valence-electron chi connectivity index (χ1n) is 6.08. The van der Waals surface area contributed by atoms with Gasteiger partial charge < -0.3 is 5.32 Å². The Hall–Kier alpha value is -0.0800. The van der Waals surface area contributed by atoms with Gasteiger partial charge in [-0.05, 0) is 39.7 Å². The van der Waals surface area contributed by atoms with Gasteiger partial charge in [0.1, 0.15) is 0 Å². The zero-order valence-corrected chi connectivity index (χ0v) is 10.3. The Balaban J connectivity index is 2.12. The van der Waals surface area contributed by atoms with Crippen LogP contribution in [0, 0.1) is 0 Å². The first-order valence-corrected chi connectivity index (χ1v) is 6.08. The van der Waals surface area contributed by atoms with E-state index in [0.29, 0.717) is 5.54 Å². The summed E-state index contributed by atoms with van der Waals surface area (Å²) in [6, 6.07) is 0.909. The summed E-state index contributed by atoms with van der Waals surface area (Å²) < 4.78 is 0. The van der Waals surface area contributed by atoms with Crippen molar-refractivity contribution in [1.82, 2.24) is 10.2 Å². The molecule has 0 radical (unpaired) electrons. The second-order valence-electron chi connectivity index (χ2n) is 5.02. The van der Waals surface area contributed by atoms with E-state index in [1.807, 2.05) is 0 Å². The van der Waals surface area contributed by atoms with E-state index in [1.165, 1.54) is 32.4 Å². The zero-order chi connectivity index (χ0) is 10.6. The molecule has 0 saturated heterocycles. The molecule has 1 rings (SSSR count). The molecule has 0 aromatic heterocycles. The molecule has 0 aliphatic heterocycles. The van der Waals surface area contributed by atoms with E-state index >= 15 is 0 Å². The first kappa shape index (κ1) is 12.0. The Morgan fingerprint density at radius 2 is 1.93 bits per heavy atom. The van der Waals surface area contributed by atoms with E-state index in [1.54, 1.807) is 0 Å². The number of hydrogen-bond acceptors (Lipinski definition) is 2. The van der Waals surface area contributed by atoms with E-state index in [-0.39, 0.29) is 0 Å². The van der Waals surface area contributed by atoms with Gasteiger partial charge in [-0.3, -0.25) is 4.90 Å². The topological polar surface area (TPSA) is 15.3 Å². The third-order valence-corrected chi connectivity index (χ3v) is 3.36. The highest BCUT2D eigenvalue weighted by Gasteiger charge is 2.27. The van der Waals surface area contributed by atoms with Crippen molar-refractivity contribution >= 4 is 0 Å². The highest BCUT2D eigenvalue weighted by atomic mass is 15.2. The lowest BCUT2D eigenvalue weighted by molar-refractivity contribution is 0.258. The number of hydrogen-bond donors (Lipinski definition) is 1. The standard InChI is InChI=1S/C12H26N2/c1-5-12(3,4)13-9-10-14(6-2)11-7-8-11/h11,13H,5-10H2,1-4H3. The molecule has 2 nitrogen and oxygen atoms in total. The minimum absolute atomic E-state index is 0.308. The highest BCUT2D eigenvalue weighted by molar-refractivity contribution is 4.85. The molecule has 0 aromatic rings. The lowest BCUT2D eigenvalue weighted by Crippen LogP contribution is -2.43. The fourth-order valence-electron chi connectivity index (χ4n) is 1.70. The predicted molar refractivity (Wildman–Crippen MR) is 62.6 cm³/mol. The summed E-state index contributed by atoms with van der Waals surface area (Å²) in [5.74, 6) is 0. The van der Waals surface area contributed by atoms with Gasteiger partial charge in [0.25, 0.3) is 0 Å². The number of rotatable bonds is 7. The highest BCUT2D eigenvalue weighted by Crippen LogP contribution is 2.25. The van der Waals surface area contributed by atoms with Gasteiger partial charge in [0.15, 0.2) is 0 Å². The molecule has 0 aromatic carbocycles. The van der Waals surface area contributed by atoms with Gasteiger partial charge in [-0.2, -0.15) is 0 Å². The van der Waals surface area contributed by atoms with Crippen molar-refractivity contribution in [2.45, 2.75) is 58.5 Å². The van der Waals surface area contributed by atoms with Gasteiger partial charge >= 0.3 is 0 Å². The van der Waals surface area contributed by atoms with Crippen LogP contribution in [-0.4, -0.2) is 36.1 Å². The summed E-state index contributed by atoms with van der Waals surface area (Å²) in [6.45, 7) is 12.6. The van der Waals surface area contributed by atoms with Crippen molar-refractivity contribution in [2.75, 3.05) is 19.6 Å². The fraction of sp³-hybridized carbons (Fsp3) is 1.00. The largest absolute Gasteiger partial charge is 0.311 e. The fourth-order valence-corrected chi connectivity index (χ4v) is 1.70. The summed E-state index contributed by atoms with van der Waals surface area (Å²) in [5, 5.41) is 3.61. The maximum atomic E-state index is 3.61. The quantitative estimate of drug-likeness (QED) is 0.675. The Kier molecular flexibility index (Phi) is 4.39. The minimum Gasteiger partial charge on any atom is -0.311 e. The molecular formula is C12H26N2. The molecular weight excluding hydrogens is 172 g/mol. The second-order valence-corrected chi connectivity index (χ2v) is 5.02. The van der Waals surface area contributed by atoms with Crippen molar-refractivity contribution in [3.05, 3.63) is 0 Å². The van der Waals surface area contributed by atoms with Crippen LogP contribution < -0.4 is 5.32 Å². The van der Waals surface area contributed by atoms with Gasteiger partial charge in [0.2, 0.25) is 0 Å². The average molecular weight is 198 g/mol. The first-order chi connectivity index (χ1) is 6.59. The van der Waals surface area contributed by atoms with Crippen LogP contribution in [0.1, 0.15) is 47.0 Å². The molecule has 84 valence electrons. The molecule has 0 atom stereocenters. The number of likely N-dealkylation sites (N-methyl/N-ethyl adjacent to an activating group) is 1. The minimum atomic E-state index is 0.308. The van der Waals surface area contributed by atoms with Gasteiger partial charge in [-0.25, -0.2) is 0 Å². The van der Waals surface area contributed by atoms with Gasteiger partial charge in [0, 0.05) is 24.7 Å². The van der Waals surface area contributed by atoms with Crippen LogP contribution in [0.4, 0.5) is 0 Å². The molecule has 0 unspecified atom stereocenters. The SMILES string of the molecule is CCN(CCNC(C)(C)CC)C1CC1. The molecule has 14 heavy (non-hydrogen) atoms. The van der Waals surface area contributed by atoms with Crippen LogP contribution in [0.5, 0.6) is 0 Å². The Bertz CT molecular complexity index is 162. The van der Waals surface area contributed by atoms with E-state index in [9.17, 15) is 0 Å². The van der Waals surface area contributed by atoms with Gasteiger partial charge in [-0.1, -0.05) is 13.8 Å². The van der Waals surface area contributed by atoms with Crippen molar-refractivity contribution in [3.63, 3.8) is 0 Å². The van der Waals surface area contributed by atoms with Crippen LogP contribution in [-0.2, 0) is 0 Å². The molecule has 0 bridgehead atoms. The van der Waals surface area contributed by atoms with Crippen molar-refractivity contribution in [2.24, 2.45) is 0 Å². The van der Waals surface area contributed by atoms with E-state index in [4.69, 9.17) is 0 Å². The van der Waals surface area contributed by atoms with E-state index in [0.717, 1.165) is 12.6 Å². The molecule has 0 heterocycles. The lowest BCUT2D eigenvalue weighted by atomic mass is 10.0. The van der Waals surface area contributed by atoms with Crippen LogP contribution in [0.3, 0.4) is 0 Å². The molecule has 1 aliphatic rings. The predicted octanol–water partition coefficient (Wildman–Crippen LogP) is 2.25. The zero-order valence-electron chi connectivity index (χ0n) is 10.3. The molecule has 1 fully saturated rings. The van der Waals surface area contributed by atoms with Crippen molar-refractivity contribution in [1.29, 1.82) is 0 Å². The second kappa shape index (κ2) is 5.13. The normalized spacial score (nSPS) is 17.8. The third-order valence-electron chi connectivity index (χ3n) is 3.36. The Morgan fingerprint density at radius 1 is 1.29 bits per heavy atom. The lowest BCUT2D eigenvalue weighted by Gasteiger charge is -2.27. The van der Waals surface area contributed by atoms with Gasteiger partial charge in [0.05, 0.1) is 0 Å². The van der Waals surface area contributed by atoms with Crippen molar-refractivity contribution < 1.29 is 0 Å². The molecule has 1 aliphatic carbocycles. The van der Waals surface area contributed by atoms with E-state index in [2.05, 4.69) is 37.9 Å². The van der Waals surface area contributed by atoms with Crippen LogP contribution in [0.15, 0.2) is 0 Å². The van der Waals surface area contributed by atoms with Crippen LogP contribution >= 0.6 is 0 Å². The Labute approximate surface area is 89.1 Å². The molecule has 1 N–H and O–H groups in total. The summed E-state index contributed by atoms with van der Waals surface area (Å²) in [6.07, 6.45) is 4.04. The smallest absolute Gasteiger partial charge is 0.0123 e. The average Bonchev–Trinajstić information content (AvgIpc) is 2.96. The van der Waals surface area contributed by atoms with Gasteiger partial charge in [-0.15, -0.1) is 0 Å². The Morgan fingerprint density at radius 3 is 2.36 bits per heavy atom. The summed E-state index contributed by atoms with van der Waals surface area (Å²) in [7, 11) is 0. The molecule has 0 amide bonds. The van der Waals surface area contributed by atoms with Crippen LogP contribution in [0.25, 0.3) is 0 Å². The van der Waals surface area contributed by atoms with E-state index < -0.39 is 0 Å². The number of nitrogens with one attached hydrogen (secondary N) is 1. The number of nitrogens with zero attached hydrogens (tertiary/aromatic N) is 1. The maximum Gasteiger partial charge on any atom is 0.0123 e. The maximum absolute atomic E-state index is 3.61. The molecule has 0 spiro atoms. The molecule has 2 heteroatoms. The third kappa shape index (κ3) is 3.97. The summed E-state index contributed by atoms with van der Waals surface area (Å²) in [5.41, 5.74) is 0.308. The summed E-state index contributed by atoms with van der Waals surface area (Å²) >= 11 is 0. The summed E-state index contributed by atoms with van der Waals surface area (Å²) in [4.78, 5) is 2.60. The monoisotopic (exact) mass is 198 g/mol. The van der Waals surface area contributed by atoms with Crippen molar-refractivity contribution in [3.8, 4) is 0 Å². The molecule has 1 saturated carbocycles. The van der Waals surface area contributed by atoms with Crippen LogP contribution in [0.2, 0.25) is 0 Å².